The zero-order valence-corrected chi connectivity index (χ0v) is 38.5. The largest absolute Gasteiger partial charge is 0.394 e. The van der Waals surface area contributed by atoms with Crippen LogP contribution in [0.1, 0.15) is 213 Å². The van der Waals surface area contributed by atoms with Gasteiger partial charge in [-0.25, -0.2) is 0 Å². The number of aliphatic hydroxyl groups excluding tert-OH is 2. The smallest absolute Gasteiger partial charge is 0.220 e. The van der Waals surface area contributed by atoms with Gasteiger partial charge in [0, 0.05) is 6.42 Å². The highest BCUT2D eigenvalue weighted by atomic mass is 16.3. The normalized spacial score (nSPS) is 13.9. The fourth-order valence-electron chi connectivity index (χ4n) is 6.82. The number of allylic oxidation sites excluding steroid dienone is 18. The molecule has 2 unspecified atom stereocenters. The predicted octanol–water partition coefficient (Wildman–Crippen LogP) is 16.0. The molecule has 4 heteroatoms. The molecular formula is C55H93NO3. The molecule has 59 heavy (non-hydrogen) atoms. The Hall–Kier alpha value is -2.95. The first-order chi connectivity index (χ1) is 29.2. The molecule has 0 aliphatic heterocycles. The standard InChI is InChI=1S/C55H93NO3/c1-3-5-7-9-11-13-15-17-18-19-20-21-22-23-24-25-26-27-28-29-30-31-32-33-34-35-36-37-38-39-41-43-45-47-49-51-55(59)56-53(52-57)54(58)50-48-46-44-42-40-16-14-12-10-8-6-4-2/h5,7,11,13,17-18,20-21,23-24,26-27,29-30,32-33,35-36,53-54,57-58H,3-4,6,8-10,12,14-16,19,22,25,28,31,34,37-52H2,1-2H3,(H,56,59)/b7-5-,13-11-,18-17-,21-20-,24-23-,27-26-,30-29-,33-32-,36-35-. The van der Waals surface area contributed by atoms with Crippen molar-refractivity contribution in [3.8, 4) is 0 Å². The highest BCUT2D eigenvalue weighted by Crippen LogP contribution is 2.15. The van der Waals surface area contributed by atoms with Crippen LogP contribution < -0.4 is 5.32 Å². The maximum Gasteiger partial charge on any atom is 0.220 e. The van der Waals surface area contributed by atoms with Crippen molar-refractivity contribution in [2.24, 2.45) is 0 Å². The van der Waals surface area contributed by atoms with E-state index in [2.05, 4.69) is 129 Å². The Morgan fingerprint density at radius 1 is 0.424 bits per heavy atom. The molecule has 1 amide bonds. The maximum atomic E-state index is 12.4. The number of amides is 1. The number of carbonyl (C=O) groups excluding carboxylic acids is 1. The van der Waals surface area contributed by atoms with Crippen LogP contribution in [0.3, 0.4) is 0 Å². The van der Waals surface area contributed by atoms with Crippen molar-refractivity contribution in [1.29, 1.82) is 0 Å². The van der Waals surface area contributed by atoms with Crippen LogP contribution in [0.15, 0.2) is 109 Å². The zero-order chi connectivity index (χ0) is 42.8. The van der Waals surface area contributed by atoms with E-state index in [4.69, 9.17) is 0 Å². The van der Waals surface area contributed by atoms with Gasteiger partial charge < -0.3 is 15.5 Å². The van der Waals surface area contributed by atoms with E-state index >= 15 is 0 Å². The molecule has 0 spiro atoms. The molecule has 2 atom stereocenters. The lowest BCUT2D eigenvalue weighted by molar-refractivity contribution is -0.123. The van der Waals surface area contributed by atoms with Crippen LogP contribution >= 0.6 is 0 Å². The Morgan fingerprint density at radius 3 is 1.12 bits per heavy atom. The van der Waals surface area contributed by atoms with E-state index in [1.807, 2.05) is 0 Å². The third-order valence-corrected chi connectivity index (χ3v) is 10.5. The minimum atomic E-state index is -0.670. The molecule has 0 saturated heterocycles. The molecule has 0 aromatic heterocycles. The fraction of sp³-hybridized carbons (Fsp3) is 0.655. The monoisotopic (exact) mass is 816 g/mol. The molecule has 0 rings (SSSR count). The second kappa shape index (κ2) is 49.4. The molecule has 0 bridgehead atoms. The number of rotatable bonds is 43. The molecule has 4 nitrogen and oxygen atoms in total. The third kappa shape index (κ3) is 46.0. The van der Waals surface area contributed by atoms with E-state index in [1.54, 1.807) is 0 Å². The summed E-state index contributed by atoms with van der Waals surface area (Å²) in [6, 6.07) is -0.549. The SMILES string of the molecule is CC/C=C\C/C=C\C/C=C\C/C=C\C/C=C\C/C=C\C/C=C\C/C=C\C/C=C\CCCCCCCCCC(=O)NC(CO)C(O)CCCCCCCCCCCCCC. The Balaban J connectivity index is 3.63. The van der Waals surface area contributed by atoms with Gasteiger partial charge in [-0.3, -0.25) is 4.79 Å². The molecule has 0 aromatic rings. The van der Waals surface area contributed by atoms with E-state index in [-0.39, 0.29) is 12.5 Å². The molecular weight excluding hydrogens is 723 g/mol. The van der Waals surface area contributed by atoms with Crippen LogP contribution in [-0.2, 0) is 4.79 Å². The van der Waals surface area contributed by atoms with Crippen molar-refractivity contribution in [2.75, 3.05) is 6.61 Å². The molecule has 0 saturated carbocycles. The molecule has 0 heterocycles. The first-order valence-corrected chi connectivity index (χ1v) is 24.6. The summed E-state index contributed by atoms with van der Waals surface area (Å²) in [6.07, 6.45) is 74.6. The number of carbonyl (C=O) groups is 1. The number of aliphatic hydroxyl groups is 2. The quantitative estimate of drug-likeness (QED) is 0.0424. The maximum absolute atomic E-state index is 12.4. The van der Waals surface area contributed by atoms with E-state index in [1.165, 1.54) is 89.9 Å². The van der Waals surface area contributed by atoms with E-state index in [9.17, 15) is 15.0 Å². The van der Waals surface area contributed by atoms with Crippen LogP contribution in [0.5, 0.6) is 0 Å². The summed E-state index contributed by atoms with van der Waals surface area (Å²) in [5.41, 5.74) is 0. The molecule has 0 aliphatic rings. The number of nitrogens with one attached hydrogen (secondary N) is 1. The third-order valence-electron chi connectivity index (χ3n) is 10.5. The summed E-state index contributed by atoms with van der Waals surface area (Å²) < 4.78 is 0. The lowest BCUT2D eigenvalue weighted by atomic mass is 10.0. The van der Waals surface area contributed by atoms with E-state index in [0.717, 1.165) is 96.3 Å². The molecule has 0 aliphatic carbocycles. The Kier molecular flexibility index (Phi) is 46.9. The predicted molar refractivity (Wildman–Crippen MR) is 262 cm³/mol. The van der Waals surface area contributed by atoms with Crippen molar-refractivity contribution in [3.05, 3.63) is 109 Å². The van der Waals surface area contributed by atoms with Gasteiger partial charge in [0.25, 0.3) is 0 Å². The van der Waals surface area contributed by atoms with Gasteiger partial charge in [-0.05, 0) is 83.5 Å². The van der Waals surface area contributed by atoms with Crippen LogP contribution in [0.25, 0.3) is 0 Å². The van der Waals surface area contributed by atoms with Gasteiger partial charge in [-0.2, -0.15) is 0 Å². The summed E-state index contributed by atoms with van der Waals surface area (Å²) >= 11 is 0. The Morgan fingerprint density at radius 2 is 0.746 bits per heavy atom. The van der Waals surface area contributed by atoms with Crippen molar-refractivity contribution >= 4 is 5.91 Å². The fourth-order valence-corrected chi connectivity index (χ4v) is 6.82. The first kappa shape index (κ1) is 56.0. The van der Waals surface area contributed by atoms with Crippen molar-refractivity contribution in [3.63, 3.8) is 0 Å². The topological polar surface area (TPSA) is 69.6 Å². The van der Waals surface area contributed by atoms with Crippen molar-refractivity contribution < 1.29 is 15.0 Å². The number of unbranched alkanes of at least 4 members (excludes halogenated alkanes) is 18. The number of hydrogen-bond acceptors (Lipinski definition) is 3. The van der Waals surface area contributed by atoms with Gasteiger partial charge in [-0.1, -0.05) is 232 Å². The molecule has 0 radical (unpaired) electrons. The van der Waals surface area contributed by atoms with Gasteiger partial charge in [0.15, 0.2) is 0 Å². The molecule has 0 aromatic carbocycles. The van der Waals surface area contributed by atoms with Gasteiger partial charge >= 0.3 is 0 Å². The van der Waals surface area contributed by atoms with Crippen molar-refractivity contribution in [2.45, 2.75) is 225 Å². The van der Waals surface area contributed by atoms with Crippen LogP contribution in [0.4, 0.5) is 0 Å². The average Bonchev–Trinajstić information content (AvgIpc) is 3.24. The summed E-state index contributed by atoms with van der Waals surface area (Å²) in [4.78, 5) is 12.4. The van der Waals surface area contributed by atoms with Gasteiger partial charge in [0.2, 0.25) is 5.91 Å². The minimum absolute atomic E-state index is 0.0484. The van der Waals surface area contributed by atoms with E-state index < -0.39 is 12.1 Å². The zero-order valence-electron chi connectivity index (χ0n) is 38.5. The summed E-state index contributed by atoms with van der Waals surface area (Å²) in [5.74, 6) is -0.0484. The molecule has 336 valence electrons. The molecule has 0 fully saturated rings. The van der Waals surface area contributed by atoms with Gasteiger partial charge in [0.05, 0.1) is 18.8 Å². The van der Waals surface area contributed by atoms with Crippen LogP contribution in [0, 0.1) is 0 Å². The van der Waals surface area contributed by atoms with Gasteiger partial charge in [0.1, 0.15) is 0 Å². The second-order valence-electron chi connectivity index (χ2n) is 16.2. The van der Waals surface area contributed by atoms with Crippen LogP contribution in [-0.4, -0.2) is 34.9 Å². The average molecular weight is 816 g/mol. The summed E-state index contributed by atoms with van der Waals surface area (Å²) in [5, 5.41) is 23.1. The lowest BCUT2D eigenvalue weighted by Gasteiger charge is -2.22. The lowest BCUT2D eigenvalue weighted by Crippen LogP contribution is -2.45. The number of hydrogen-bond donors (Lipinski definition) is 3. The van der Waals surface area contributed by atoms with Crippen molar-refractivity contribution in [1.82, 2.24) is 5.32 Å². The highest BCUT2D eigenvalue weighted by molar-refractivity contribution is 5.76. The summed E-state index contributed by atoms with van der Waals surface area (Å²) in [6.45, 7) is 4.22. The Bertz CT molecular complexity index is 1150. The minimum Gasteiger partial charge on any atom is -0.394 e. The highest BCUT2D eigenvalue weighted by Gasteiger charge is 2.20. The Labute approximate surface area is 366 Å². The van der Waals surface area contributed by atoms with Crippen LogP contribution in [0.2, 0.25) is 0 Å². The molecule has 3 N–H and O–H groups in total. The first-order valence-electron chi connectivity index (χ1n) is 24.6. The van der Waals surface area contributed by atoms with Gasteiger partial charge in [-0.15, -0.1) is 0 Å². The second-order valence-corrected chi connectivity index (χ2v) is 16.2. The van der Waals surface area contributed by atoms with E-state index in [0.29, 0.717) is 12.8 Å². The summed E-state index contributed by atoms with van der Waals surface area (Å²) in [7, 11) is 0.